The molecule has 6 aliphatic rings. The molecule has 0 aromatic heterocycles. The van der Waals surface area contributed by atoms with Gasteiger partial charge in [-0.3, -0.25) is 9.69 Å². The van der Waals surface area contributed by atoms with Crippen molar-refractivity contribution in [2.45, 2.75) is 122 Å². The Morgan fingerprint density at radius 3 is 2.53 bits per heavy atom. The van der Waals surface area contributed by atoms with Crippen molar-refractivity contribution in [3.8, 4) is 0 Å². The molecule has 1 N–H and O–H groups in total. The summed E-state index contributed by atoms with van der Waals surface area (Å²) in [6, 6.07) is 6.75. The van der Waals surface area contributed by atoms with Gasteiger partial charge in [0, 0.05) is 11.5 Å². The molecular formula is C34H46N2O2. The number of amides is 3. The van der Waals surface area contributed by atoms with E-state index in [9.17, 15) is 9.59 Å². The fourth-order valence-corrected chi connectivity index (χ4v) is 10.5. The first kappa shape index (κ1) is 24.9. The lowest BCUT2D eigenvalue weighted by Crippen LogP contribution is -2.64. The van der Waals surface area contributed by atoms with Crippen molar-refractivity contribution in [1.29, 1.82) is 0 Å². The van der Waals surface area contributed by atoms with Crippen LogP contribution in [0.25, 0.3) is 0 Å². The van der Waals surface area contributed by atoms with Crippen molar-refractivity contribution in [3.63, 3.8) is 0 Å². The maximum Gasteiger partial charge on any atom is 0.325 e. The van der Waals surface area contributed by atoms with Crippen LogP contribution in [0.5, 0.6) is 0 Å². The fraction of sp³-hybridized carbons (Fsp3) is 0.706. The Hall–Kier alpha value is -2.10. The van der Waals surface area contributed by atoms with Crippen LogP contribution in [-0.2, 0) is 23.2 Å². The third-order valence-corrected chi connectivity index (χ3v) is 12.6. The zero-order valence-corrected chi connectivity index (χ0v) is 23.6. The number of hydrogen-bond donors (Lipinski definition) is 1. The highest BCUT2D eigenvalue weighted by atomic mass is 16.2. The lowest BCUT2D eigenvalue weighted by Gasteiger charge is -2.59. The Balaban J connectivity index is 1.18. The van der Waals surface area contributed by atoms with E-state index < -0.39 is 0 Å². The number of nitrogens with one attached hydrogen (secondary N) is 1. The lowest BCUT2D eigenvalue weighted by atomic mass is 9.48. The molecule has 6 atom stereocenters. The van der Waals surface area contributed by atoms with Gasteiger partial charge in [-0.2, -0.15) is 0 Å². The van der Waals surface area contributed by atoms with E-state index in [0.29, 0.717) is 11.3 Å². The van der Waals surface area contributed by atoms with Crippen LogP contribution in [0, 0.1) is 28.6 Å². The molecule has 1 aromatic carbocycles. The Morgan fingerprint density at radius 1 is 0.868 bits per heavy atom. The van der Waals surface area contributed by atoms with Crippen molar-refractivity contribution in [2.75, 3.05) is 0 Å². The summed E-state index contributed by atoms with van der Waals surface area (Å²) < 4.78 is 0. The molecular weight excluding hydrogens is 468 g/mol. The molecule has 0 unspecified atom stereocenters. The second-order valence-corrected chi connectivity index (χ2v) is 14.4. The van der Waals surface area contributed by atoms with Gasteiger partial charge in [0.2, 0.25) is 0 Å². The first-order valence-corrected chi connectivity index (χ1v) is 15.8. The van der Waals surface area contributed by atoms with Gasteiger partial charge in [0.25, 0.3) is 5.91 Å². The molecule has 38 heavy (non-hydrogen) atoms. The molecule has 3 amide bonds. The Kier molecular flexibility index (Phi) is 5.87. The minimum atomic E-state index is -0.363. The van der Waals surface area contributed by atoms with Crippen LogP contribution in [0.2, 0.25) is 0 Å². The van der Waals surface area contributed by atoms with Crippen LogP contribution in [-0.4, -0.2) is 22.9 Å². The Bertz CT molecular complexity index is 1170. The molecule has 4 saturated carbocycles. The van der Waals surface area contributed by atoms with Gasteiger partial charge in [0.15, 0.2) is 0 Å². The predicted molar refractivity (Wildman–Crippen MR) is 151 cm³/mol. The molecule has 4 heteroatoms. The smallest absolute Gasteiger partial charge is 0.325 e. The molecule has 0 saturated heterocycles. The molecule has 0 radical (unpaired) electrons. The van der Waals surface area contributed by atoms with E-state index in [-0.39, 0.29) is 28.9 Å². The normalized spacial score (nSPS) is 39.2. The van der Waals surface area contributed by atoms with E-state index in [1.54, 1.807) is 11.0 Å². The first-order chi connectivity index (χ1) is 18.3. The third-order valence-electron chi connectivity index (χ3n) is 12.6. The minimum absolute atomic E-state index is 0.0346. The number of fused-ring (bicyclic) bond motifs is 6. The average molecular weight is 515 g/mol. The van der Waals surface area contributed by atoms with Gasteiger partial charge in [-0.05, 0) is 110 Å². The minimum Gasteiger partial charge on any atom is -0.328 e. The summed E-state index contributed by atoms with van der Waals surface area (Å²) in [5.74, 6) is 2.00. The summed E-state index contributed by atoms with van der Waals surface area (Å²) in [6.07, 6.45) is 21.7. The third kappa shape index (κ3) is 3.68. The van der Waals surface area contributed by atoms with E-state index >= 15 is 0 Å². The molecule has 4 fully saturated rings. The first-order valence-electron chi connectivity index (χ1n) is 15.8. The molecule has 5 aliphatic carbocycles. The van der Waals surface area contributed by atoms with Crippen molar-refractivity contribution in [3.05, 3.63) is 47.0 Å². The van der Waals surface area contributed by atoms with Gasteiger partial charge < -0.3 is 5.32 Å². The van der Waals surface area contributed by atoms with Crippen molar-refractivity contribution in [2.24, 2.45) is 28.6 Å². The monoisotopic (exact) mass is 514 g/mol. The van der Waals surface area contributed by atoms with Gasteiger partial charge in [-0.1, -0.05) is 63.8 Å². The fourth-order valence-electron chi connectivity index (χ4n) is 10.5. The topological polar surface area (TPSA) is 49.4 Å². The maximum absolute atomic E-state index is 14.2. The van der Waals surface area contributed by atoms with E-state index in [2.05, 4.69) is 43.4 Å². The highest BCUT2D eigenvalue weighted by Crippen LogP contribution is 2.64. The lowest BCUT2D eigenvalue weighted by molar-refractivity contribution is -0.135. The number of benzene rings is 1. The Labute approximate surface area is 229 Å². The average Bonchev–Trinajstić information content (AvgIpc) is 3.55. The maximum atomic E-state index is 14.2. The largest absolute Gasteiger partial charge is 0.328 e. The van der Waals surface area contributed by atoms with E-state index in [4.69, 9.17) is 0 Å². The van der Waals surface area contributed by atoms with Gasteiger partial charge >= 0.3 is 6.03 Å². The van der Waals surface area contributed by atoms with Gasteiger partial charge in [-0.25, -0.2) is 4.79 Å². The number of imide groups is 1. The molecule has 204 valence electrons. The highest BCUT2D eigenvalue weighted by Gasteiger charge is 2.59. The van der Waals surface area contributed by atoms with Crippen LogP contribution in [0.15, 0.2) is 30.4 Å². The van der Waals surface area contributed by atoms with Gasteiger partial charge in [-0.15, -0.1) is 0 Å². The summed E-state index contributed by atoms with van der Waals surface area (Å²) >= 11 is 0. The Morgan fingerprint density at radius 2 is 1.68 bits per heavy atom. The molecule has 1 heterocycles. The van der Waals surface area contributed by atoms with Gasteiger partial charge in [0.05, 0.1) is 11.6 Å². The number of carbonyl (C=O) groups is 2. The quantitative estimate of drug-likeness (QED) is 0.446. The predicted octanol–water partition coefficient (Wildman–Crippen LogP) is 7.44. The SMILES string of the molecule is C[C@@]12CCC[C@H]1[C@@H]1CC[C@H]3N(C(=O)NC4(c5ccc6c(c5)CCC6)CCCCC4)C(=O)C=C[C@]3(C)[C@H]1CC2. The van der Waals surface area contributed by atoms with E-state index in [1.165, 1.54) is 68.1 Å². The van der Waals surface area contributed by atoms with Crippen LogP contribution < -0.4 is 5.32 Å². The van der Waals surface area contributed by atoms with E-state index in [0.717, 1.165) is 56.8 Å². The number of nitrogens with zero attached hydrogens (tertiary/aromatic N) is 1. The summed E-state index contributed by atoms with van der Waals surface area (Å²) in [7, 11) is 0. The molecule has 7 rings (SSSR count). The second kappa shape index (κ2) is 8.96. The molecule has 4 nitrogen and oxygen atoms in total. The highest BCUT2D eigenvalue weighted by molar-refractivity contribution is 6.02. The van der Waals surface area contributed by atoms with Crippen LogP contribution in [0.1, 0.15) is 114 Å². The van der Waals surface area contributed by atoms with Crippen molar-refractivity contribution < 1.29 is 9.59 Å². The summed E-state index contributed by atoms with van der Waals surface area (Å²) in [5, 5.41) is 3.54. The summed E-state index contributed by atoms with van der Waals surface area (Å²) in [6.45, 7) is 4.91. The molecule has 0 spiro atoms. The van der Waals surface area contributed by atoms with Crippen LogP contribution >= 0.6 is 0 Å². The van der Waals surface area contributed by atoms with Crippen LogP contribution in [0.3, 0.4) is 0 Å². The molecule has 0 bridgehead atoms. The summed E-state index contributed by atoms with van der Waals surface area (Å²) in [4.78, 5) is 29.3. The molecule has 1 aliphatic heterocycles. The number of urea groups is 1. The summed E-state index contributed by atoms with van der Waals surface area (Å²) in [5.41, 5.74) is 4.22. The molecule has 1 aromatic rings. The zero-order chi connectivity index (χ0) is 26.1. The number of rotatable bonds is 2. The number of carbonyl (C=O) groups excluding carboxylic acids is 2. The standard InChI is InChI=1S/C34H46N2O2/c1-32-17-7-10-27(32)26-13-14-29-33(2,28(26)15-20-32)21-16-30(37)36(29)31(38)35-34(18-4-3-5-19-34)25-12-11-23-8-6-9-24(23)22-25/h11-12,16,21-22,26-29H,3-10,13-15,17-20H2,1-2H3,(H,35,38)/t26-,27-,28-,29+,32-,33+/m0/s1. The van der Waals surface area contributed by atoms with Crippen molar-refractivity contribution in [1.82, 2.24) is 10.2 Å². The number of aryl methyl sites for hydroxylation is 2. The van der Waals surface area contributed by atoms with Gasteiger partial charge in [0.1, 0.15) is 0 Å². The number of hydrogen-bond acceptors (Lipinski definition) is 2. The van der Waals surface area contributed by atoms with Crippen molar-refractivity contribution >= 4 is 11.9 Å². The van der Waals surface area contributed by atoms with Crippen LogP contribution in [0.4, 0.5) is 4.79 Å². The zero-order valence-electron chi connectivity index (χ0n) is 23.6. The van der Waals surface area contributed by atoms with E-state index in [1.807, 2.05) is 0 Å². The second-order valence-electron chi connectivity index (χ2n) is 14.4.